The minimum Gasteiger partial charge on any atom is -0.494 e. The van der Waals surface area contributed by atoms with Crippen molar-refractivity contribution in [1.82, 2.24) is 0 Å². The molecule has 0 heterocycles. The lowest BCUT2D eigenvalue weighted by Crippen LogP contribution is -2.32. The molecule has 1 atom stereocenters. The Bertz CT molecular complexity index is 515. The highest BCUT2D eigenvalue weighted by Crippen LogP contribution is 2.15. The molecule has 166 valence electrons. The summed E-state index contributed by atoms with van der Waals surface area (Å²) in [4.78, 5) is 10.8. The Morgan fingerprint density at radius 2 is 1.28 bits per heavy atom. The molecular formula is C25H43NO3. The molecule has 0 saturated heterocycles. The van der Waals surface area contributed by atoms with Gasteiger partial charge in [-0.05, 0) is 30.5 Å². The molecule has 0 radical (unpaired) electrons. The zero-order valence-electron chi connectivity index (χ0n) is 18.5. The molecule has 0 aliphatic carbocycles. The Hall–Kier alpha value is -1.55. The normalized spacial score (nSPS) is 12.1. The predicted octanol–water partition coefficient (Wildman–Crippen LogP) is 6.50. The van der Waals surface area contributed by atoms with Crippen LogP contribution < -0.4 is 10.5 Å². The number of benzene rings is 1. The standard InChI is InChI=1S/C25H43NO3/c1-2-3-4-5-6-7-8-9-10-11-12-13-14-15-20-29-23-18-16-22(17-19-23)21-24(26)25(27)28/h16-19,24H,2-15,20-21,26H2,1H3,(H,27,28). The lowest BCUT2D eigenvalue weighted by Gasteiger charge is -2.09. The molecule has 0 bridgehead atoms. The number of nitrogens with two attached hydrogens (primary N) is 1. The molecule has 4 heteroatoms. The average molecular weight is 406 g/mol. The molecule has 0 fully saturated rings. The van der Waals surface area contributed by atoms with E-state index in [1.165, 1.54) is 83.5 Å². The maximum Gasteiger partial charge on any atom is 0.320 e. The number of carbonyl (C=O) groups is 1. The third kappa shape index (κ3) is 14.1. The topological polar surface area (TPSA) is 72.5 Å². The van der Waals surface area contributed by atoms with E-state index < -0.39 is 12.0 Å². The van der Waals surface area contributed by atoms with Crippen LogP contribution in [0.5, 0.6) is 5.75 Å². The molecule has 1 aromatic rings. The van der Waals surface area contributed by atoms with Gasteiger partial charge in [-0.25, -0.2) is 0 Å². The number of hydrogen-bond acceptors (Lipinski definition) is 3. The summed E-state index contributed by atoms with van der Waals surface area (Å²) in [6.45, 7) is 3.02. The highest BCUT2D eigenvalue weighted by molar-refractivity contribution is 5.73. The molecule has 1 rings (SSSR count). The van der Waals surface area contributed by atoms with Crippen molar-refractivity contribution in [3.8, 4) is 5.75 Å². The van der Waals surface area contributed by atoms with Crippen LogP contribution in [0, 0.1) is 0 Å². The van der Waals surface area contributed by atoms with E-state index in [-0.39, 0.29) is 0 Å². The fraction of sp³-hybridized carbons (Fsp3) is 0.720. The molecule has 3 N–H and O–H groups in total. The van der Waals surface area contributed by atoms with Crippen LogP contribution in [0.4, 0.5) is 0 Å². The van der Waals surface area contributed by atoms with Gasteiger partial charge in [-0.3, -0.25) is 4.79 Å². The molecule has 1 unspecified atom stereocenters. The van der Waals surface area contributed by atoms with Crippen molar-refractivity contribution in [2.45, 2.75) is 109 Å². The number of rotatable bonds is 19. The largest absolute Gasteiger partial charge is 0.494 e. The molecule has 0 amide bonds. The highest BCUT2D eigenvalue weighted by atomic mass is 16.5. The Morgan fingerprint density at radius 3 is 1.72 bits per heavy atom. The van der Waals surface area contributed by atoms with Gasteiger partial charge in [0.15, 0.2) is 0 Å². The molecule has 0 aliphatic heterocycles. The van der Waals surface area contributed by atoms with Crippen molar-refractivity contribution in [3.05, 3.63) is 29.8 Å². The van der Waals surface area contributed by atoms with Gasteiger partial charge < -0.3 is 15.6 Å². The van der Waals surface area contributed by atoms with Crippen LogP contribution in [0.1, 0.15) is 102 Å². The van der Waals surface area contributed by atoms with Crippen LogP contribution in [0.15, 0.2) is 24.3 Å². The van der Waals surface area contributed by atoms with Crippen molar-refractivity contribution in [2.24, 2.45) is 5.73 Å². The zero-order valence-corrected chi connectivity index (χ0v) is 18.5. The molecule has 4 nitrogen and oxygen atoms in total. The van der Waals surface area contributed by atoms with Gasteiger partial charge >= 0.3 is 5.97 Å². The Balaban J connectivity index is 1.90. The second-order valence-corrected chi connectivity index (χ2v) is 8.24. The first kappa shape index (κ1) is 25.5. The molecule has 1 aromatic carbocycles. The number of aliphatic carboxylic acids is 1. The molecule has 0 spiro atoms. The highest BCUT2D eigenvalue weighted by Gasteiger charge is 2.11. The van der Waals surface area contributed by atoms with Crippen molar-refractivity contribution in [1.29, 1.82) is 0 Å². The molecule has 0 aliphatic rings. The predicted molar refractivity (Wildman–Crippen MR) is 122 cm³/mol. The first-order valence-corrected chi connectivity index (χ1v) is 11.8. The quantitative estimate of drug-likeness (QED) is 0.258. The van der Waals surface area contributed by atoms with E-state index in [0.29, 0.717) is 6.42 Å². The molecule has 29 heavy (non-hydrogen) atoms. The van der Waals surface area contributed by atoms with Crippen molar-refractivity contribution < 1.29 is 14.6 Å². The van der Waals surface area contributed by atoms with Crippen LogP contribution in [-0.2, 0) is 11.2 Å². The second-order valence-electron chi connectivity index (χ2n) is 8.24. The summed E-state index contributed by atoms with van der Waals surface area (Å²) < 4.78 is 5.77. The summed E-state index contributed by atoms with van der Waals surface area (Å²) in [6, 6.07) is 6.73. The van der Waals surface area contributed by atoms with E-state index in [2.05, 4.69) is 6.92 Å². The second kappa shape index (κ2) is 17.3. The van der Waals surface area contributed by atoms with Gasteiger partial charge in [-0.1, -0.05) is 103 Å². The van der Waals surface area contributed by atoms with Crippen molar-refractivity contribution in [3.63, 3.8) is 0 Å². The summed E-state index contributed by atoms with van der Waals surface area (Å²) in [5.74, 6) is -0.129. The summed E-state index contributed by atoms with van der Waals surface area (Å²) in [6.07, 6.45) is 19.3. The summed E-state index contributed by atoms with van der Waals surface area (Å²) in [5, 5.41) is 8.85. The minimum atomic E-state index is -0.969. The average Bonchev–Trinajstić information content (AvgIpc) is 2.72. The van der Waals surface area contributed by atoms with Crippen LogP contribution in [0.2, 0.25) is 0 Å². The van der Waals surface area contributed by atoms with E-state index in [9.17, 15) is 4.79 Å². The van der Waals surface area contributed by atoms with Crippen molar-refractivity contribution in [2.75, 3.05) is 6.61 Å². The monoisotopic (exact) mass is 405 g/mol. The Labute approximate surface area is 178 Å². The number of carboxylic acids is 1. The number of unbranched alkanes of at least 4 members (excludes halogenated alkanes) is 13. The lowest BCUT2D eigenvalue weighted by molar-refractivity contribution is -0.138. The van der Waals surface area contributed by atoms with E-state index in [1.807, 2.05) is 24.3 Å². The van der Waals surface area contributed by atoms with E-state index >= 15 is 0 Å². The molecule has 0 saturated carbocycles. The molecule has 0 aromatic heterocycles. The molecular weight excluding hydrogens is 362 g/mol. The fourth-order valence-corrected chi connectivity index (χ4v) is 3.55. The smallest absolute Gasteiger partial charge is 0.320 e. The van der Waals surface area contributed by atoms with Gasteiger partial charge in [0.25, 0.3) is 0 Å². The minimum absolute atomic E-state index is 0.342. The van der Waals surface area contributed by atoms with Gasteiger partial charge in [0.2, 0.25) is 0 Å². The van der Waals surface area contributed by atoms with Crippen LogP contribution in [0.3, 0.4) is 0 Å². The van der Waals surface area contributed by atoms with Gasteiger partial charge in [0, 0.05) is 0 Å². The first-order chi connectivity index (χ1) is 14.1. The van der Waals surface area contributed by atoms with Crippen molar-refractivity contribution >= 4 is 5.97 Å². The summed E-state index contributed by atoms with van der Waals surface area (Å²) in [5.41, 5.74) is 6.47. The number of carboxylic acid groups (broad SMARTS) is 1. The van der Waals surface area contributed by atoms with Crippen LogP contribution in [-0.4, -0.2) is 23.7 Å². The van der Waals surface area contributed by atoms with Gasteiger partial charge in [0.05, 0.1) is 6.61 Å². The maximum absolute atomic E-state index is 10.8. The Kier molecular flexibility index (Phi) is 15.2. The van der Waals surface area contributed by atoms with Gasteiger partial charge in [-0.2, -0.15) is 0 Å². The van der Waals surface area contributed by atoms with E-state index in [0.717, 1.165) is 24.3 Å². The first-order valence-electron chi connectivity index (χ1n) is 11.8. The number of ether oxygens (including phenoxy) is 1. The van der Waals surface area contributed by atoms with Gasteiger partial charge in [0.1, 0.15) is 11.8 Å². The van der Waals surface area contributed by atoms with E-state index in [1.54, 1.807) is 0 Å². The van der Waals surface area contributed by atoms with Crippen LogP contribution in [0.25, 0.3) is 0 Å². The summed E-state index contributed by atoms with van der Waals surface area (Å²) in [7, 11) is 0. The maximum atomic E-state index is 10.8. The zero-order chi connectivity index (χ0) is 21.2. The Morgan fingerprint density at radius 1 is 0.828 bits per heavy atom. The fourth-order valence-electron chi connectivity index (χ4n) is 3.55. The third-order valence-corrected chi connectivity index (χ3v) is 5.46. The third-order valence-electron chi connectivity index (χ3n) is 5.46. The van der Waals surface area contributed by atoms with E-state index in [4.69, 9.17) is 15.6 Å². The number of hydrogen-bond donors (Lipinski definition) is 2. The summed E-state index contributed by atoms with van der Waals surface area (Å²) >= 11 is 0. The van der Waals surface area contributed by atoms with Gasteiger partial charge in [-0.15, -0.1) is 0 Å². The lowest BCUT2D eigenvalue weighted by atomic mass is 10.0. The SMILES string of the molecule is CCCCCCCCCCCCCCCCOc1ccc(CC(N)C(=O)O)cc1. The van der Waals surface area contributed by atoms with Crippen LogP contribution >= 0.6 is 0 Å².